The average molecular weight is 1600 g/mol. The second-order valence-electron chi connectivity index (χ2n) is 40.6. The maximum Gasteiger partial charge on any atom is 0.411 e. The van der Waals surface area contributed by atoms with Gasteiger partial charge in [-0.15, -0.1) is 0 Å². The maximum atomic E-state index is 13.2. The molecule has 8 aliphatic heterocycles. The van der Waals surface area contributed by atoms with Crippen LogP contribution in [0.15, 0.2) is 0 Å². The van der Waals surface area contributed by atoms with E-state index in [9.17, 15) is 42.3 Å². The van der Waals surface area contributed by atoms with Crippen molar-refractivity contribution in [1.82, 2.24) is 39.2 Å². The monoisotopic (exact) mass is 1600 g/mol. The third kappa shape index (κ3) is 30.3. The molecule has 0 N–H and O–H groups in total. The van der Waals surface area contributed by atoms with Crippen LogP contribution in [0.1, 0.15) is 353 Å². The highest BCUT2D eigenvalue weighted by Crippen LogP contribution is 2.43. The van der Waals surface area contributed by atoms with Crippen LogP contribution in [0.4, 0.5) is 13.6 Å². The topological polar surface area (TPSA) is 155 Å². The Kier molecular flexibility index (Phi) is 42.9. The van der Waals surface area contributed by atoms with E-state index < -0.39 is 23.0 Å². The molecule has 0 aromatic rings. The number of likely N-dealkylation sites (N-methyl/N-ethyl adjacent to an activating group) is 1. The SMILES string of the molecule is C.C.C.C.CC(C)C1CCN(C(=O)C2(C)CCCC2)CC1.CC(C)C1CCN(C(=O)C2(C)CCCN2C(=O)OC(C)(C)C)CC1.CC(C)C1CCN(C(=O)C2CCCC2)CC1.CC(C)C1CCN(C(=O)C2CCCC2)CC1.CC(C)C1CCN(C(=O)[C@H]2CCC(F)(F)C2)CC1.CN1CCC[C@@H]1C(=O)N1CCC(C(C)(C)C)CC1. The van der Waals surface area contributed by atoms with Gasteiger partial charge in [0.25, 0.3) is 0 Å². The quantitative estimate of drug-likeness (QED) is 0.197. The Hall–Kier alpha value is -4.09. The van der Waals surface area contributed by atoms with E-state index in [-0.39, 0.29) is 71.9 Å². The van der Waals surface area contributed by atoms with Gasteiger partial charge in [-0.2, -0.15) is 0 Å². The number of piperidine rings is 6. The number of alkyl halides is 2. The number of amides is 7. The normalized spacial score (nSPS) is 25.3. The van der Waals surface area contributed by atoms with Crippen molar-refractivity contribution in [3.63, 3.8) is 0 Å². The first-order valence-electron chi connectivity index (χ1n) is 45.0. The van der Waals surface area contributed by atoms with Gasteiger partial charge >= 0.3 is 6.09 Å². The molecule has 113 heavy (non-hydrogen) atoms. The lowest BCUT2D eigenvalue weighted by Gasteiger charge is -2.41. The van der Waals surface area contributed by atoms with Crippen molar-refractivity contribution >= 4 is 41.5 Å². The number of carbonyl (C=O) groups excluding carboxylic acids is 7. The molecule has 0 radical (unpaired) electrons. The highest BCUT2D eigenvalue weighted by atomic mass is 19.3. The third-order valence-corrected chi connectivity index (χ3v) is 28.9. The van der Waals surface area contributed by atoms with Crippen molar-refractivity contribution in [3.05, 3.63) is 0 Å². The first-order valence-corrected chi connectivity index (χ1v) is 45.0. The van der Waals surface area contributed by atoms with Crippen LogP contribution in [0.5, 0.6) is 0 Å². The molecular formula is C95H178F2N8O8. The molecular weight excluding hydrogens is 1420 g/mol. The van der Waals surface area contributed by atoms with E-state index in [0.717, 1.165) is 210 Å². The van der Waals surface area contributed by atoms with E-state index in [1.807, 2.05) is 37.5 Å². The molecule has 18 heteroatoms. The Bertz CT molecular complexity index is 2740. The molecule has 3 atom stereocenters. The molecule has 0 bridgehead atoms. The molecule has 0 aromatic heterocycles. The fourth-order valence-corrected chi connectivity index (χ4v) is 20.5. The molecule has 1 unspecified atom stereocenters. The van der Waals surface area contributed by atoms with Gasteiger partial charge in [0.2, 0.25) is 41.4 Å². The minimum Gasteiger partial charge on any atom is -0.444 e. The van der Waals surface area contributed by atoms with Crippen LogP contribution in [-0.2, 0) is 33.5 Å². The molecule has 4 aliphatic carbocycles. The van der Waals surface area contributed by atoms with Gasteiger partial charge in [-0.05, 0) is 259 Å². The van der Waals surface area contributed by atoms with E-state index in [1.54, 1.807) is 4.90 Å². The summed E-state index contributed by atoms with van der Waals surface area (Å²) in [7, 11) is 2.08. The van der Waals surface area contributed by atoms with E-state index >= 15 is 0 Å². The molecule has 12 rings (SSSR count). The Morgan fingerprint density at radius 2 is 0.681 bits per heavy atom. The standard InChI is InChI=1S/C19H34N2O3.C15H28N2O.C15H27NO.C14H23F2NO.2C14H25NO.4CH4/c1-14(2)15-8-12-20(13-9-15)16(22)19(6)10-7-11-21(19)17(23)24-18(3,4)5;1-15(2,3)12-7-10-17(11-8-12)14(18)13-6-5-9-16(13)4;1-12(2)13-6-10-16(11-7-13)14(17)15(3)8-4-5-9-15;1-10(2)11-4-7-17(8-5-11)13(18)12-3-6-14(15,16)9-12;2*1-11(2)12-7-9-15(10-8-12)14(16)13-5-3-4-6-13;;;;/h14-15H,7-13H2,1-6H3;12-13H,5-11H2,1-4H3;12-13H,4-11H2,1-3H3;10-12H,3-9H2,1-2H3;2*11-13H,3-10H2,1-2H3;4*1H4/t;13-;;12-;;;;;;/m.1.0....../s1. The van der Waals surface area contributed by atoms with Crippen molar-refractivity contribution in [2.45, 2.75) is 376 Å². The number of hydrogen-bond donors (Lipinski definition) is 0. The van der Waals surface area contributed by atoms with Crippen molar-refractivity contribution < 1.29 is 47.1 Å². The first-order chi connectivity index (χ1) is 51.2. The number of rotatable bonds is 11. The van der Waals surface area contributed by atoms with Crippen molar-refractivity contribution in [3.8, 4) is 0 Å². The molecule has 660 valence electrons. The number of halogens is 2. The van der Waals surface area contributed by atoms with Gasteiger partial charge in [0.1, 0.15) is 11.1 Å². The van der Waals surface area contributed by atoms with Gasteiger partial charge in [0, 0.05) is 121 Å². The summed E-state index contributed by atoms with van der Waals surface area (Å²) in [5, 5.41) is 0. The van der Waals surface area contributed by atoms with Crippen LogP contribution in [0.25, 0.3) is 0 Å². The minimum atomic E-state index is -2.61. The lowest BCUT2D eigenvalue weighted by Crippen LogP contribution is -2.58. The molecule has 16 nitrogen and oxygen atoms in total. The summed E-state index contributed by atoms with van der Waals surface area (Å²) in [6, 6.07) is 0.163. The minimum absolute atomic E-state index is 0. The zero-order chi connectivity index (χ0) is 80.3. The van der Waals surface area contributed by atoms with Crippen LogP contribution in [-0.4, -0.2) is 203 Å². The fourth-order valence-electron chi connectivity index (χ4n) is 20.5. The summed E-state index contributed by atoms with van der Waals surface area (Å²) in [4.78, 5) is 103. The highest BCUT2D eigenvalue weighted by molar-refractivity contribution is 5.90. The number of hydrogen-bond acceptors (Lipinski definition) is 9. The summed E-state index contributed by atoms with van der Waals surface area (Å²) in [5.74, 6) is 7.80. The Morgan fingerprint density at radius 3 is 0.991 bits per heavy atom. The van der Waals surface area contributed by atoms with E-state index in [0.29, 0.717) is 77.5 Å². The van der Waals surface area contributed by atoms with Gasteiger partial charge in [-0.3, -0.25) is 38.6 Å². The van der Waals surface area contributed by atoms with E-state index in [2.05, 4.69) is 128 Å². The summed E-state index contributed by atoms with van der Waals surface area (Å²) < 4.78 is 31.8. The van der Waals surface area contributed by atoms with Crippen LogP contribution in [0, 0.1) is 93.7 Å². The molecule has 4 saturated carbocycles. The predicted molar refractivity (Wildman–Crippen MR) is 465 cm³/mol. The number of carbonyl (C=O) groups is 7. The average Bonchev–Trinajstić information content (AvgIpc) is 1.66. The second-order valence-corrected chi connectivity index (χ2v) is 40.6. The highest BCUT2D eigenvalue weighted by Gasteiger charge is 2.50. The van der Waals surface area contributed by atoms with Crippen LogP contribution < -0.4 is 0 Å². The Morgan fingerprint density at radius 1 is 0.354 bits per heavy atom. The fraction of sp³-hybridized carbons (Fsp3) is 0.926. The number of likely N-dealkylation sites (tertiary alicyclic amines) is 8. The summed E-state index contributed by atoms with van der Waals surface area (Å²) in [5.41, 5.74) is -0.934. The van der Waals surface area contributed by atoms with Gasteiger partial charge in [0.15, 0.2) is 0 Å². The second kappa shape index (κ2) is 47.0. The number of nitrogens with zero attached hydrogens (tertiary/aromatic N) is 8. The molecule has 12 aliphatic rings. The van der Waals surface area contributed by atoms with E-state index in [4.69, 9.17) is 4.74 Å². The molecule has 7 amide bonds. The van der Waals surface area contributed by atoms with Gasteiger partial charge < -0.3 is 34.1 Å². The molecule has 12 fully saturated rings. The first kappa shape index (κ1) is 103. The lowest BCUT2D eigenvalue weighted by atomic mass is 9.75. The Balaban J connectivity index is 0.000000350. The zero-order valence-electron chi connectivity index (χ0n) is 73.1. The van der Waals surface area contributed by atoms with E-state index in [1.165, 1.54) is 96.3 Å². The van der Waals surface area contributed by atoms with Crippen LogP contribution in [0.2, 0.25) is 0 Å². The molecule has 8 heterocycles. The summed E-state index contributed by atoms with van der Waals surface area (Å²) in [6.07, 6.45) is 31.5. The largest absolute Gasteiger partial charge is 0.444 e. The van der Waals surface area contributed by atoms with Crippen molar-refractivity contribution in [2.75, 3.05) is 98.7 Å². The van der Waals surface area contributed by atoms with Crippen LogP contribution in [0.3, 0.4) is 0 Å². The zero-order valence-corrected chi connectivity index (χ0v) is 73.1. The third-order valence-electron chi connectivity index (χ3n) is 28.9. The number of ether oxygens (including phenoxy) is 1. The van der Waals surface area contributed by atoms with Crippen LogP contribution >= 0.6 is 0 Å². The van der Waals surface area contributed by atoms with Crippen molar-refractivity contribution in [1.29, 1.82) is 0 Å². The smallest absolute Gasteiger partial charge is 0.411 e. The van der Waals surface area contributed by atoms with Gasteiger partial charge in [-0.1, -0.05) is 165 Å². The molecule has 8 saturated heterocycles. The summed E-state index contributed by atoms with van der Waals surface area (Å²) >= 11 is 0. The maximum absolute atomic E-state index is 13.2. The molecule has 0 aromatic carbocycles. The predicted octanol–water partition coefficient (Wildman–Crippen LogP) is 21.5. The lowest BCUT2D eigenvalue weighted by molar-refractivity contribution is -0.143. The van der Waals surface area contributed by atoms with Gasteiger partial charge in [0.05, 0.1) is 6.04 Å². The van der Waals surface area contributed by atoms with Crippen molar-refractivity contribution in [2.24, 2.45) is 93.7 Å². The molecule has 0 spiro atoms. The van der Waals surface area contributed by atoms with Gasteiger partial charge in [-0.25, -0.2) is 13.6 Å². The Labute approximate surface area is 693 Å². The summed E-state index contributed by atoms with van der Waals surface area (Å²) in [6.45, 7) is 52.1.